The maximum Gasteiger partial charge on any atom is 0.247 e. The molecule has 0 N–H and O–H groups in total. The molecule has 10 heteroatoms. The van der Waals surface area contributed by atoms with Gasteiger partial charge in [0.25, 0.3) is 0 Å². The van der Waals surface area contributed by atoms with Crippen LogP contribution in [0.2, 0.25) is 0 Å². The van der Waals surface area contributed by atoms with Gasteiger partial charge in [-0.3, -0.25) is 14.5 Å². The van der Waals surface area contributed by atoms with Crippen LogP contribution in [0.1, 0.15) is 38.5 Å². The Labute approximate surface area is 159 Å². The molecule has 27 heavy (non-hydrogen) atoms. The molecule has 2 aliphatic rings. The van der Waals surface area contributed by atoms with E-state index in [2.05, 4.69) is 9.97 Å². The topological polar surface area (TPSA) is 104 Å². The molecule has 0 spiro atoms. The number of amides is 2. The summed E-state index contributed by atoms with van der Waals surface area (Å²) in [5.41, 5.74) is 0.625. The lowest BCUT2D eigenvalue weighted by atomic mass is 10.1. The zero-order valence-electron chi connectivity index (χ0n) is 15.7. The fourth-order valence-electron chi connectivity index (χ4n) is 3.47. The Morgan fingerprint density at radius 3 is 2.37 bits per heavy atom. The number of hydrogen-bond acceptors (Lipinski definition) is 6. The number of piperidine rings is 1. The van der Waals surface area contributed by atoms with Gasteiger partial charge in [0.2, 0.25) is 27.8 Å². The zero-order valence-corrected chi connectivity index (χ0v) is 16.5. The van der Waals surface area contributed by atoms with Crippen molar-refractivity contribution in [3.8, 4) is 0 Å². The van der Waals surface area contributed by atoms with Crippen LogP contribution in [0.3, 0.4) is 0 Å². The molecule has 1 aromatic rings. The lowest BCUT2D eigenvalue weighted by molar-refractivity contribution is -0.123. The highest BCUT2D eigenvalue weighted by molar-refractivity contribution is 7.88. The van der Waals surface area contributed by atoms with E-state index in [9.17, 15) is 18.0 Å². The third kappa shape index (κ3) is 4.27. The highest BCUT2D eigenvalue weighted by atomic mass is 32.2. The predicted molar refractivity (Wildman–Crippen MR) is 101 cm³/mol. The monoisotopic (exact) mass is 395 g/mol. The van der Waals surface area contributed by atoms with Crippen molar-refractivity contribution in [3.63, 3.8) is 0 Å². The van der Waals surface area contributed by atoms with Gasteiger partial charge >= 0.3 is 0 Å². The van der Waals surface area contributed by atoms with Gasteiger partial charge in [0, 0.05) is 26.6 Å². The van der Waals surface area contributed by atoms with Gasteiger partial charge in [-0.05, 0) is 25.7 Å². The standard InChI is InChI=1S/C17H25N5O4S/c1-20(27(2,25)26)14-7-6-10-22(16(14)24)17-18-11-13(12-19-17)21-9-5-3-4-8-15(21)23/h11-12,14H,3-10H2,1-2H3. The van der Waals surface area contributed by atoms with Crippen LogP contribution in [-0.4, -0.2) is 66.9 Å². The predicted octanol–water partition coefficient (Wildman–Crippen LogP) is 0.770. The number of likely N-dealkylation sites (N-methyl/N-ethyl adjacent to an activating group) is 1. The summed E-state index contributed by atoms with van der Waals surface area (Å²) >= 11 is 0. The summed E-state index contributed by atoms with van der Waals surface area (Å²) < 4.78 is 24.7. The molecule has 2 amide bonds. The van der Waals surface area contributed by atoms with Crippen molar-refractivity contribution in [2.45, 2.75) is 44.6 Å². The zero-order chi connectivity index (χ0) is 19.6. The molecule has 3 rings (SSSR count). The molecule has 1 atom stereocenters. The van der Waals surface area contributed by atoms with Gasteiger partial charge in [-0.2, -0.15) is 4.31 Å². The van der Waals surface area contributed by atoms with E-state index in [0.717, 1.165) is 29.8 Å². The van der Waals surface area contributed by atoms with Crippen LogP contribution in [0, 0.1) is 0 Å². The highest BCUT2D eigenvalue weighted by Gasteiger charge is 2.37. The van der Waals surface area contributed by atoms with Crippen LogP contribution in [0.25, 0.3) is 0 Å². The van der Waals surface area contributed by atoms with Gasteiger partial charge in [-0.25, -0.2) is 18.4 Å². The first-order chi connectivity index (χ1) is 12.8. The van der Waals surface area contributed by atoms with Crippen LogP contribution in [0.4, 0.5) is 11.6 Å². The molecular formula is C17H25N5O4S. The van der Waals surface area contributed by atoms with E-state index in [1.54, 1.807) is 17.3 Å². The fraction of sp³-hybridized carbons (Fsp3) is 0.647. The molecule has 1 aromatic heterocycles. The molecule has 2 aliphatic heterocycles. The van der Waals surface area contributed by atoms with E-state index in [4.69, 9.17) is 0 Å². The van der Waals surface area contributed by atoms with Crippen molar-refractivity contribution < 1.29 is 18.0 Å². The van der Waals surface area contributed by atoms with E-state index in [1.165, 1.54) is 11.9 Å². The van der Waals surface area contributed by atoms with Crippen molar-refractivity contribution in [3.05, 3.63) is 12.4 Å². The molecule has 0 aliphatic carbocycles. The molecule has 3 heterocycles. The van der Waals surface area contributed by atoms with E-state index < -0.39 is 16.1 Å². The maximum absolute atomic E-state index is 12.8. The van der Waals surface area contributed by atoms with Gasteiger partial charge in [0.15, 0.2) is 0 Å². The second kappa shape index (κ2) is 7.89. The third-order valence-electron chi connectivity index (χ3n) is 5.12. The number of carbonyl (C=O) groups is 2. The first-order valence-electron chi connectivity index (χ1n) is 9.16. The first-order valence-corrected chi connectivity index (χ1v) is 11.0. The van der Waals surface area contributed by atoms with Crippen molar-refractivity contribution in [1.82, 2.24) is 14.3 Å². The lowest BCUT2D eigenvalue weighted by Crippen LogP contribution is -2.53. The van der Waals surface area contributed by atoms with Crippen molar-refractivity contribution in [2.24, 2.45) is 0 Å². The van der Waals surface area contributed by atoms with Gasteiger partial charge in [0.1, 0.15) is 6.04 Å². The summed E-state index contributed by atoms with van der Waals surface area (Å²) in [4.78, 5) is 36.7. The SMILES string of the molecule is CN(C1CCCN(c2ncc(N3CCCCCC3=O)cn2)C1=O)S(C)(=O)=O. The lowest BCUT2D eigenvalue weighted by Gasteiger charge is -2.34. The van der Waals surface area contributed by atoms with Gasteiger partial charge in [-0.1, -0.05) is 6.42 Å². The average Bonchev–Trinajstić information content (AvgIpc) is 2.85. The number of carbonyl (C=O) groups excluding carboxylic acids is 2. The van der Waals surface area contributed by atoms with Crippen molar-refractivity contribution >= 4 is 33.5 Å². The fourth-order valence-corrected chi connectivity index (χ4v) is 4.13. The quantitative estimate of drug-likeness (QED) is 0.746. The molecule has 148 valence electrons. The Balaban J connectivity index is 1.78. The molecule has 2 saturated heterocycles. The van der Waals surface area contributed by atoms with Crippen LogP contribution >= 0.6 is 0 Å². The number of aromatic nitrogens is 2. The van der Waals surface area contributed by atoms with Gasteiger partial charge < -0.3 is 4.90 Å². The second-order valence-electron chi connectivity index (χ2n) is 7.02. The molecule has 0 radical (unpaired) electrons. The Kier molecular flexibility index (Phi) is 5.75. The summed E-state index contributed by atoms with van der Waals surface area (Å²) in [5.74, 6) is -0.0295. The number of sulfonamides is 1. The molecular weight excluding hydrogens is 370 g/mol. The minimum absolute atomic E-state index is 0.0627. The summed E-state index contributed by atoms with van der Waals surface area (Å²) in [6, 6.07) is -0.746. The number of rotatable bonds is 4. The number of nitrogens with zero attached hydrogens (tertiary/aromatic N) is 5. The van der Waals surface area contributed by atoms with Gasteiger partial charge in [-0.15, -0.1) is 0 Å². The number of hydrogen-bond donors (Lipinski definition) is 0. The van der Waals surface area contributed by atoms with E-state index in [0.29, 0.717) is 38.0 Å². The van der Waals surface area contributed by atoms with Crippen LogP contribution in [-0.2, 0) is 19.6 Å². The second-order valence-corrected chi connectivity index (χ2v) is 9.07. The summed E-state index contributed by atoms with van der Waals surface area (Å²) in [6.07, 6.45) is 8.72. The first kappa shape index (κ1) is 19.7. The minimum Gasteiger partial charge on any atom is -0.310 e. The molecule has 0 aromatic carbocycles. The largest absolute Gasteiger partial charge is 0.310 e. The Morgan fingerprint density at radius 1 is 1.04 bits per heavy atom. The van der Waals surface area contributed by atoms with Crippen LogP contribution in [0.15, 0.2) is 12.4 Å². The number of anilines is 2. The average molecular weight is 395 g/mol. The molecule has 9 nitrogen and oxygen atoms in total. The summed E-state index contributed by atoms with van der Waals surface area (Å²) in [7, 11) is -2.06. The highest BCUT2D eigenvalue weighted by Crippen LogP contribution is 2.24. The summed E-state index contributed by atoms with van der Waals surface area (Å²) in [5, 5.41) is 0. The van der Waals surface area contributed by atoms with Crippen LogP contribution in [0.5, 0.6) is 0 Å². The normalized spacial score (nSPS) is 22.3. The molecule has 2 fully saturated rings. The van der Waals surface area contributed by atoms with Crippen molar-refractivity contribution in [2.75, 3.05) is 36.2 Å². The Hall–Kier alpha value is -2.07. The third-order valence-corrected chi connectivity index (χ3v) is 6.42. The van der Waals surface area contributed by atoms with Gasteiger partial charge in [0.05, 0.1) is 24.3 Å². The van der Waals surface area contributed by atoms with Crippen molar-refractivity contribution in [1.29, 1.82) is 0 Å². The Morgan fingerprint density at radius 2 is 1.70 bits per heavy atom. The smallest absolute Gasteiger partial charge is 0.247 e. The maximum atomic E-state index is 12.8. The molecule has 1 unspecified atom stereocenters. The molecule has 0 bridgehead atoms. The Bertz CT molecular complexity index is 811. The summed E-state index contributed by atoms with van der Waals surface area (Å²) in [6.45, 7) is 1.08. The van der Waals surface area contributed by atoms with E-state index >= 15 is 0 Å². The van der Waals surface area contributed by atoms with E-state index in [1.807, 2.05) is 0 Å². The van der Waals surface area contributed by atoms with E-state index in [-0.39, 0.29) is 17.8 Å². The van der Waals surface area contributed by atoms with Crippen LogP contribution < -0.4 is 9.80 Å². The minimum atomic E-state index is -3.47. The molecule has 0 saturated carbocycles.